The lowest BCUT2D eigenvalue weighted by atomic mass is 9.82. The van der Waals surface area contributed by atoms with Crippen molar-refractivity contribution >= 4 is 5.71 Å². The first-order valence-corrected chi connectivity index (χ1v) is 5.84. The summed E-state index contributed by atoms with van der Waals surface area (Å²) in [5.41, 5.74) is 2.27. The molecule has 0 saturated heterocycles. The Morgan fingerprint density at radius 2 is 1.62 bits per heavy atom. The fourth-order valence-electron chi connectivity index (χ4n) is 2.28. The Kier molecular flexibility index (Phi) is 3.57. The van der Waals surface area contributed by atoms with Crippen LogP contribution in [0.4, 0.5) is 0 Å². The van der Waals surface area contributed by atoms with E-state index in [-0.39, 0.29) is 5.54 Å². The third kappa shape index (κ3) is 4.18. The van der Waals surface area contributed by atoms with Crippen LogP contribution in [0, 0.1) is 5.41 Å². The number of hydrogen-bond acceptors (Lipinski definition) is 1. The van der Waals surface area contributed by atoms with Gasteiger partial charge in [0.15, 0.2) is 0 Å². The van der Waals surface area contributed by atoms with Gasteiger partial charge in [-0.15, -0.1) is 0 Å². The number of hydrogen-bond donors (Lipinski definition) is 0. The Labute approximate surface area is 99.7 Å². The molecule has 0 heterocycles. The van der Waals surface area contributed by atoms with Gasteiger partial charge in [-0.1, -0.05) is 45.6 Å². The van der Waals surface area contributed by atoms with Crippen LogP contribution in [0.1, 0.15) is 41.0 Å². The minimum absolute atomic E-state index is 0.0357. The van der Waals surface area contributed by atoms with Crippen LogP contribution in [0.15, 0.2) is 41.4 Å². The van der Waals surface area contributed by atoms with E-state index in [9.17, 15) is 0 Å². The molecule has 1 aliphatic rings. The van der Waals surface area contributed by atoms with Crippen molar-refractivity contribution in [2.75, 3.05) is 0 Å². The van der Waals surface area contributed by atoms with Crippen LogP contribution in [-0.2, 0) is 0 Å². The van der Waals surface area contributed by atoms with Crippen LogP contribution in [0.25, 0.3) is 0 Å². The van der Waals surface area contributed by atoms with E-state index in [0.29, 0.717) is 5.41 Å². The molecule has 1 nitrogen and oxygen atoms in total. The molecule has 0 N–H and O–H groups in total. The van der Waals surface area contributed by atoms with Crippen molar-refractivity contribution in [3.8, 4) is 0 Å². The first-order chi connectivity index (χ1) is 7.20. The summed E-state index contributed by atoms with van der Waals surface area (Å²) < 4.78 is 0. The zero-order valence-corrected chi connectivity index (χ0v) is 11.2. The number of nitrogens with zero attached hydrogens (tertiary/aromatic N) is 1. The average molecular weight is 217 g/mol. The molecular weight excluding hydrogens is 194 g/mol. The maximum absolute atomic E-state index is 4.81. The zero-order valence-electron chi connectivity index (χ0n) is 11.2. The van der Waals surface area contributed by atoms with Crippen molar-refractivity contribution in [2.24, 2.45) is 10.4 Å². The molecule has 1 aliphatic carbocycles. The molecule has 0 radical (unpaired) electrons. The summed E-state index contributed by atoms with van der Waals surface area (Å²) in [6.07, 6.45) is 9.12. The molecule has 0 atom stereocenters. The van der Waals surface area contributed by atoms with Gasteiger partial charge in [-0.05, 0) is 37.3 Å². The van der Waals surface area contributed by atoms with Crippen LogP contribution < -0.4 is 0 Å². The Hall–Kier alpha value is -1.11. The van der Waals surface area contributed by atoms with E-state index in [0.717, 1.165) is 17.7 Å². The largest absolute Gasteiger partial charge is 0.279 e. The van der Waals surface area contributed by atoms with E-state index in [1.165, 1.54) is 0 Å². The first-order valence-electron chi connectivity index (χ1n) is 5.84. The van der Waals surface area contributed by atoms with Crippen LogP contribution in [0.5, 0.6) is 0 Å². The predicted molar refractivity (Wildman–Crippen MR) is 73.0 cm³/mol. The molecule has 16 heavy (non-hydrogen) atoms. The Morgan fingerprint density at radius 1 is 1.06 bits per heavy atom. The third-order valence-electron chi connectivity index (χ3n) is 2.38. The van der Waals surface area contributed by atoms with Gasteiger partial charge in [0, 0.05) is 0 Å². The molecule has 0 amide bonds. The Bertz CT molecular complexity index is 359. The van der Waals surface area contributed by atoms with Crippen molar-refractivity contribution in [3.63, 3.8) is 0 Å². The van der Waals surface area contributed by atoms with Gasteiger partial charge in [-0.3, -0.25) is 4.99 Å². The second kappa shape index (κ2) is 4.40. The van der Waals surface area contributed by atoms with Gasteiger partial charge < -0.3 is 0 Å². The van der Waals surface area contributed by atoms with Gasteiger partial charge in [-0.2, -0.15) is 0 Å². The molecule has 0 saturated carbocycles. The Balaban J connectivity index is 2.86. The summed E-state index contributed by atoms with van der Waals surface area (Å²) in [5, 5.41) is 0. The molecule has 1 heteroatoms. The van der Waals surface area contributed by atoms with Gasteiger partial charge in [0.1, 0.15) is 0 Å². The van der Waals surface area contributed by atoms with Gasteiger partial charge in [0.25, 0.3) is 0 Å². The molecule has 0 aromatic rings. The van der Waals surface area contributed by atoms with Crippen LogP contribution in [0.2, 0.25) is 0 Å². The van der Waals surface area contributed by atoms with Crippen LogP contribution in [-0.4, -0.2) is 11.3 Å². The lowest BCUT2D eigenvalue weighted by molar-refractivity contribution is 0.288. The molecule has 0 bridgehead atoms. The van der Waals surface area contributed by atoms with E-state index in [1.807, 2.05) is 24.3 Å². The highest BCUT2D eigenvalue weighted by molar-refractivity contribution is 6.11. The standard InChI is InChI=1S/C15H23N/c1-12-9-7-8-10-13(12)16-15(5,6)11-14(2,3)4/h7-10H,1,11H2,2-6H3/b16-13-. The predicted octanol–water partition coefficient (Wildman–Crippen LogP) is 4.32. The summed E-state index contributed by atoms with van der Waals surface area (Å²) in [4.78, 5) is 4.81. The Morgan fingerprint density at radius 3 is 2.12 bits per heavy atom. The van der Waals surface area contributed by atoms with Crippen molar-refractivity contribution in [1.82, 2.24) is 0 Å². The highest BCUT2D eigenvalue weighted by atomic mass is 14.9. The van der Waals surface area contributed by atoms with Gasteiger partial charge in [0.2, 0.25) is 0 Å². The van der Waals surface area contributed by atoms with Crippen LogP contribution >= 0.6 is 0 Å². The molecule has 1 rings (SSSR count). The molecular formula is C15H23N. The quantitative estimate of drug-likeness (QED) is 0.653. The second-order valence-electron chi connectivity index (χ2n) is 6.29. The summed E-state index contributed by atoms with van der Waals surface area (Å²) in [7, 11) is 0. The minimum Gasteiger partial charge on any atom is -0.279 e. The SMILES string of the molecule is C=C1C=CC=C/C1=N/C(C)(C)CC(C)(C)C. The maximum Gasteiger partial charge on any atom is 0.0647 e. The van der Waals surface area contributed by atoms with E-state index < -0.39 is 0 Å². The monoisotopic (exact) mass is 217 g/mol. The van der Waals surface area contributed by atoms with Gasteiger partial charge in [0.05, 0.1) is 11.3 Å². The molecule has 0 fully saturated rings. The molecule has 0 aromatic heterocycles. The normalized spacial score (nSPS) is 19.6. The molecule has 88 valence electrons. The smallest absolute Gasteiger partial charge is 0.0647 e. The van der Waals surface area contributed by atoms with Crippen LogP contribution in [0.3, 0.4) is 0 Å². The highest BCUT2D eigenvalue weighted by Crippen LogP contribution is 2.30. The molecule has 0 aromatic carbocycles. The zero-order chi connectivity index (χ0) is 12.4. The van der Waals surface area contributed by atoms with Crippen molar-refractivity contribution in [3.05, 3.63) is 36.5 Å². The first kappa shape index (κ1) is 13.0. The maximum atomic E-state index is 4.81. The minimum atomic E-state index is -0.0357. The summed E-state index contributed by atoms with van der Waals surface area (Å²) in [6.45, 7) is 15.1. The molecule has 0 unspecified atom stereocenters. The number of allylic oxidation sites excluding steroid dienone is 5. The fourth-order valence-corrected chi connectivity index (χ4v) is 2.28. The molecule has 0 spiro atoms. The van der Waals surface area contributed by atoms with Gasteiger partial charge >= 0.3 is 0 Å². The summed E-state index contributed by atoms with van der Waals surface area (Å²) >= 11 is 0. The number of aliphatic imine (C=N–C) groups is 1. The summed E-state index contributed by atoms with van der Waals surface area (Å²) in [5.74, 6) is 0. The second-order valence-corrected chi connectivity index (χ2v) is 6.29. The van der Waals surface area contributed by atoms with E-state index in [2.05, 4.69) is 41.2 Å². The average Bonchev–Trinajstić information content (AvgIpc) is 2.04. The fraction of sp³-hybridized carbons (Fsp3) is 0.533. The lowest BCUT2D eigenvalue weighted by Gasteiger charge is -2.30. The summed E-state index contributed by atoms with van der Waals surface area (Å²) in [6, 6.07) is 0. The van der Waals surface area contributed by atoms with E-state index in [4.69, 9.17) is 4.99 Å². The third-order valence-corrected chi connectivity index (χ3v) is 2.38. The molecule has 0 aliphatic heterocycles. The topological polar surface area (TPSA) is 12.4 Å². The highest BCUT2D eigenvalue weighted by Gasteiger charge is 2.25. The van der Waals surface area contributed by atoms with E-state index in [1.54, 1.807) is 0 Å². The van der Waals surface area contributed by atoms with Crippen molar-refractivity contribution in [2.45, 2.75) is 46.6 Å². The van der Waals surface area contributed by atoms with Gasteiger partial charge in [-0.25, -0.2) is 0 Å². The van der Waals surface area contributed by atoms with Crippen molar-refractivity contribution < 1.29 is 0 Å². The van der Waals surface area contributed by atoms with Crippen molar-refractivity contribution in [1.29, 1.82) is 0 Å². The number of rotatable bonds is 2. The van der Waals surface area contributed by atoms with E-state index >= 15 is 0 Å². The lowest BCUT2D eigenvalue weighted by Crippen LogP contribution is -2.26.